The zero-order valence-corrected chi connectivity index (χ0v) is 14.0. The summed E-state index contributed by atoms with van der Waals surface area (Å²) in [5.74, 6) is -2.99. The van der Waals surface area contributed by atoms with Gasteiger partial charge in [-0.25, -0.2) is 4.39 Å². The maximum Gasteiger partial charge on any atom is 0.251 e. The van der Waals surface area contributed by atoms with Crippen LogP contribution in [0.5, 0.6) is 5.75 Å². The Morgan fingerprint density at radius 2 is 1.83 bits per heavy atom. The summed E-state index contributed by atoms with van der Waals surface area (Å²) in [6.45, 7) is 3.88. The molecule has 0 saturated heterocycles. The first kappa shape index (κ1) is 18.2. The molecule has 2 aromatic rings. The minimum atomic E-state index is -1.20. The molecule has 0 aliphatic rings. The normalized spacial score (nSPS) is 13.7. The number of phenolic OH excluding ortho intramolecular Hbond substituents is 1. The fourth-order valence-electron chi connectivity index (χ4n) is 3.10. The highest BCUT2D eigenvalue weighted by Gasteiger charge is 2.20. The van der Waals surface area contributed by atoms with Gasteiger partial charge in [-0.15, -0.1) is 0 Å². The average Bonchev–Trinajstić information content (AvgIpc) is 2.57. The molecule has 2 atom stereocenters. The van der Waals surface area contributed by atoms with E-state index in [2.05, 4.69) is 11.9 Å². The van der Waals surface area contributed by atoms with E-state index in [9.17, 15) is 18.7 Å². The number of hydrogen-bond acceptors (Lipinski definition) is 2. The molecule has 3 nitrogen and oxygen atoms in total. The number of phenols is 1. The maximum absolute atomic E-state index is 14.0. The first-order chi connectivity index (χ1) is 11.5. The first-order valence-electron chi connectivity index (χ1n) is 8.30. The van der Waals surface area contributed by atoms with Crippen molar-refractivity contribution in [3.05, 3.63) is 63.6 Å². The molecule has 1 heterocycles. The van der Waals surface area contributed by atoms with E-state index in [1.807, 2.05) is 13.0 Å². The van der Waals surface area contributed by atoms with Gasteiger partial charge in [0.15, 0.2) is 11.6 Å². The summed E-state index contributed by atoms with van der Waals surface area (Å²) >= 11 is 0. The minimum absolute atomic E-state index is 0.0902. The summed E-state index contributed by atoms with van der Waals surface area (Å²) in [7, 11) is 0. The van der Waals surface area contributed by atoms with Gasteiger partial charge in [-0.1, -0.05) is 32.4 Å². The van der Waals surface area contributed by atoms with Crippen LogP contribution in [-0.4, -0.2) is 10.1 Å². The molecule has 5 heteroatoms. The number of halogens is 2. The van der Waals surface area contributed by atoms with Crippen molar-refractivity contribution in [3.8, 4) is 5.75 Å². The molecule has 0 amide bonds. The summed E-state index contributed by atoms with van der Waals surface area (Å²) in [6, 6.07) is 6.22. The highest BCUT2D eigenvalue weighted by atomic mass is 19.2. The van der Waals surface area contributed by atoms with Gasteiger partial charge >= 0.3 is 0 Å². The van der Waals surface area contributed by atoms with Crippen LogP contribution in [-0.2, 0) is 0 Å². The van der Waals surface area contributed by atoms with Gasteiger partial charge in [0.2, 0.25) is 5.82 Å². The summed E-state index contributed by atoms with van der Waals surface area (Å²) < 4.78 is 27.5. The van der Waals surface area contributed by atoms with Crippen LogP contribution in [0, 0.1) is 11.6 Å². The molecule has 0 spiro atoms. The topological polar surface area (TPSA) is 53.1 Å². The number of aromatic hydroxyl groups is 1. The zero-order chi connectivity index (χ0) is 17.7. The molecule has 1 aromatic heterocycles. The largest absolute Gasteiger partial charge is 0.505 e. The van der Waals surface area contributed by atoms with E-state index in [-0.39, 0.29) is 23.0 Å². The van der Waals surface area contributed by atoms with Crippen molar-refractivity contribution in [1.82, 2.24) is 4.98 Å². The standard InChI is InChI=1S/C19H23F2NO2/c1-3-5-13(15-6-4-11-22-19(15)24)8-7-12(2)14-9-10-16(23)18(21)17(14)20/h4,6,9-13,23H,3,5,7-8H2,1-2H3,(H,22,24). The van der Waals surface area contributed by atoms with Gasteiger partial charge in [-0.3, -0.25) is 4.79 Å². The van der Waals surface area contributed by atoms with Crippen molar-refractivity contribution >= 4 is 0 Å². The van der Waals surface area contributed by atoms with Gasteiger partial charge in [-0.05, 0) is 48.8 Å². The number of benzene rings is 1. The Hall–Kier alpha value is -2.17. The summed E-state index contributed by atoms with van der Waals surface area (Å²) in [4.78, 5) is 14.7. The van der Waals surface area contributed by atoms with Crippen LogP contribution in [0.15, 0.2) is 35.3 Å². The van der Waals surface area contributed by atoms with Crippen molar-refractivity contribution in [2.75, 3.05) is 0 Å². The lowest BCUT2D eigenvalue weighted by molar-refractivity contribution is 0.399. The van der Waals surface area contributed by atoms with E-state index >= 15 is 0 Å². The number of hydrogen-bond donors (Lipinski definition) is 2. The van der Waals surface area contributed by atoms with Crippen molar-refractivity contribution in [3.63, 3.8) is 0 Å². The Balaban J connectivity index is 2.14. The fraction of sp³-hybridized carbons (Fsp3) is 0.421. The minimum Gasteiger partial charge on any atom is -0.505 e. The molecule has 0 fully saturated rings. The van der Waals surface area contributed by atoms with E-state index in [0.29, 0.717) is 12.8 Å². The van der Waals surface area contributed by atoms with Crippen LogP contribution < -0.4 is 5.56 Å². The monoisotopic (exact) mass is 335 g/mol. The SMILES string of the molecule is CCCC(CCC(C)c1ccc(O)c(F)c1F)c1ccc[nH]c1=O. The van der Waals surface area contributed by atoms with Crippen LogP contribution in [0.4, 0.5) is 8.78 Å². The zero-order valence-electron chi connectivity index (χ0n) is 14.0. The molecule has 0 aliphatic carbocycles. The highest BCUT2D eigenvalue weighted by Crippen LogP contribution is 2.32. The third-order valence-corrected chi connectivity index (χ3v) is 4.50. The second-order valence-electron chi connectivity index (χ2n) is 6.22. The predicted octanol–water partition coefficient (Wildman–Crippen LogP) is 4.83. The van der Waals surface area contributed by atoms with E-state index in [1.165, 1.54) is 12.1 Å². The van der Waals surface area contributed by atoms with Crippen LogP contribution in [0.3, 0.4) is 0 Å². The lowest BCUT2D eigenvalue weighted by Gasteiger charge is -2.19. The molecule has 0 bridgehead atoms. The van der Waals surface area contributed by atoms with Gasteiger partial charge < -0.3 is 10.1 Å². The molecular weight excluding hydrogens is 312 g/mol. The Bertz CT molecular complexity index is 742. The fourth-order valence-corrected chi connectivity index (χ4v) is 3.10. The maximum atomic E-state index is 14.0. The van der Waals surface area contributed by atoms with Crippen molar-refractivity contribution in [2.24, 2.45) is 0 Å². The third-order valence-electron chi connectivity index (χ3n) is 4.50. The molecule has 2 N–H and O–H groups in total. The van der Waals surface area contributed by atoms with Crippen LogP contribution in [0.25, 0.3) is 0 Å². The first-order valence-corrected chi connectivity index (χ1v) is 8.30. The summed E-state index contributed by atoms with van der Waals surface area (Å²) in [6.07, 6.45) is 4.75. The van der Waals surface area contributed by atoms with Crippen molar-refractivity contribution in [1.29, 1.82) is 0 Å². The van der Waals surface area contributed by atoms with E-state index in [1.54, 1.807) is 12.3 Å². The molecule has 2 unspecified atom stereocenters. The van der Waals surface area contributed by atoms with Crippen LogP contribution >= 0.6 is 0 Å². The van der Waals surface area contributed by atoms with E-state index in [0.717, 1.165) is 18.4 Å². The molecule has 0 saturated carbocycles. The van der Waals surface area contributed by atoms with Gasteiger partial charge in [0.1, 0.15) is 0 Å². The summed E-state index contributed by atoms with van der Waals surface area (Å²) in [5, 5.41) is 9.22. The second-order valence-corrected chi connectivity index (χ2v) is 6.22. The van der Waals surface area contributed by atoms with Crippen LogP contribution in [0.1, 0.15) is 62.5 Å². The Morgan fingerprint density at radius 1 is 1.08 bits per heavy atom. The second kappa shape index (κ2) is 8.08. The number of H-pyrrole nitrogens is 1. The van der Waals surface area contributed by atoms with Crippen molar-refractivity contribution in [2.45, 2.75) is 51.4 Å². The average molecular weight is 335 g/mol. The molecule has 1 aromatic carbocycles. The Morgan fingerprint density at radius 3 is 2.50 bits per heavy atom. The van der Waals surface area contributed by atoms with Gasteiger partial charge in [0.05, 0.1) is 0 Å². The van der Waals surface area contributed by atoms with Gasteiger partial charge in [-0.2, -0.15) is 4.39 Å². The lowest BCUT2D eigenvalue weighted by Crippen LogP contribution is -2.16. The Kier molecular flexibility index (Phi) is 6.12. The van der Waals surface area contributed by atoms with Gasteiger partial charge in [0, 0.05) is 11.8 Å². The molecule has 130 valence electrons. The quantitative estimate of drug-likeness (QED) is 0.762. The molecule has 0 aliphatic heterocycles. The van der Waals surface area contributed by atoms with Gasteiger partial charge in [0.25, 0.3) is 5.56 Å². The summed E-state index contributed by atoms with van der Waals surface area (Å²) in [5.41, 5.74) is 0.900. The smallest absolute Gasteiger partial charge is 0.251 e. The lowest BCUT2D eigenvalue weighted by atomic mass is 9.86. The highest BCUT2D eigenvalue weighted by molar-refractivity contribution is 5.31. The number of aromatic nitrogens is 1. The van der Waals surface area contributed by atoms with Crippen LogP contribution in [0.2, 0.25) is 0 Å². The third kappa shape index (κ3) is 4.02. The number of aromatic amines is 1. The number of pyridine rings is 1. The molecular formula is C19H23F2NO2. The number of rotatable bonds is 7. The van der Waals surface area contributed by atoms with E-state index in [4.69, 9.17) is 0 Å². The molecule has 0 radical (unpaired) electrons. The predicted molar refractivity (Wildman–Crippen MR) is 90.4 cm³/mol. The Labute approximate surface area is 140 Å². The van der Waals surface area contributed by atoms with Crippen molar-refractivity contribution < 1.29 is 13.9 Å². The van der Waals surface area contributed by atoms with E-state index < -0.39 is 17.4 Å². The molecule has 2 rings (SSSR count). The molecule has 24 heavy (non-hydrogen) atoms. The number of nitrogens with one attached hydrogen (secondary N) is 1.